The van der Waals surface area contributed by atoms with Crippen molar-refractivity contribution in [1.82, 2.24) is 15.1 Å². The van der Waals surface area contributed by atoms with Gasteiger partial charge in [0.15, 0.2) is 0 Å². The molecule has 0 saturated carbocycles. The van der Waals surface area contributed by atoms with Crippen LogP contribution in [0.5, 0.6) is 0 Å². The topological polar surface area (TPSA) is 65.8 Å². The molecular weight excluding hydrogens is 330 g/mol. The van der Waals surface area contributed by atoms with Crippen LogP contribution in [0.3, 0.4) is 0 Å². The van der Waals surface area contributed by atoms with Gasteiger partial charge in [-0.2, -0.15) is 0 Å². The zero-order chi connectivity index (χ0) is 19.5. The lowest BCUT2D eigenvalue weighted by Gasteiger charge is -2.22. The highest BCUT2D eigenvalue weighted by Crippen LogP contribution is 2.17. The molecule has 0 unspecified atom stereocenters. The van der Waals surface area contributed by atoms with Gasteiger partial charge in [-0.15, -0.1) is 0 Å². The molecule has 0 aliphatic rings. The number of amides is 2. The van der Waals surface area contributed by atoms with Crippen LogP contribution in [0.4, 0.5) is 0 Å². The Morgan fingerprint density at radius 1 is 1.08 bits per heavy atom. The molecule has 0 aromatic carbocycles. The van der Waals surface area contributed by atoms with Gasteiger partial charge in [-0.05, 0) is 40.4 Å². The number of furan rings is 1. The molecule has 2 amide bonds. The summed E-state index contributed by atoms with van der Waals surface area (Å²) in [5.41, 5.74) is 0.603. The molecule has 26 heavy (non-hydrogen) atoms. The summed E-state index contributed by atoms with van der Waals surface area (Å²) in [6.07, 6.45) is 4.69. The van der Waals surface area contributed by atoms with Crippen LogP contribution in [0.15, 0.2) is 10.5 Å². The number of hydrogen-bond acceptors (Lipinski definition) is 4. The fourth-order valence-corrected chi connectivity index (χ4v) is 2.80. The predicted octanol–water partition coefficient (Wildman–Crippen LogP) is 2.99. The van der Waals surface area contributed by atoms with Crippen molar-refractivity contribution < 1.29 is 14.0 Å². The zero-order valence-electron chi connectivity index (χ0n) is 17.1. The van der Waals surface area contributed by atoms with Crippen LogP contribution in [0, 0.1) is 13.8 Å². The lowest BCUT2D eigenvalue weighted by atomic mass is 10.1. The van der Waals surface area contributed by atoms with E-state index in [2.05, 4.69) is 12.2 Å². The highest BCUT2D eigenvalue weighted by atomic mass is 16.3. The third kappa shape index (κ3) is 8.04. The second-order valence-corrected chi connectivity index (χ2v) is 7.08. The van der Waals surface area contributed by atoms with Gasteiger partial charge >= 0.3 is 0 Å². The largest absolute Gasteiger partial charge is 0.466 e. The maximum absolute atomic E-state index is 12.9. The van der Waals surface area contributed by atoms with Gasteiger partial charge in [0.05, 0.1) is 5.56 Å². The van der Waals surface area contributed by atoms with Crippen molar-refractivity contribution in [2.75, 3.05) is 40.3 Å². The lowest BCUT2D eigenvalue weighted by molar-refractivity contribution is -0.121. The van der Waals surface area contributed by atoms with E-state index >= 15 is 0 Å². The molecule has 0 saturated heterocycles. The highest BCUT2D eigenvalue weighted by Gasteiger charge is 2.21. The van der Waals surface area contributed by atoms with Crippen LogP contribution < -0.4 is 5.32 Å². The van der Waals surface area contributed by atoms with Crippen LogP contribution >= 0.6 is 0 Å². The number of carbonyl (C=O) groups is 2. The number of nitrogens with one attached hydrogen (secondary N) is 1. The Hall–Kier alpha value is -1.82. The molecule has 0 radical (unpaired) electrons. The number of unbranched alkanes of at least 4 members (excludes halogenated alkanes) is 3. The molecule has 0 fully saturated rings. The highest BCUT2D eigenvalue weighted by molar-refractivity contribution is 5.95. The summed E-state index contributed by atoms with van der Waals surface area (Å²) in [6.45, 7) is 8.35. The minimum atomic E-state index is -0.0445. The quantitative estimate of drug-likeness (QED) is 0.578. The van der Waals surface area contributed by atoms with E-state index in [0.717, 1.165) is 38.0 Å². The number of nitrogens with zero attached hydrogens (tertiary/aromatic N) is 2. The Bertz CT molecular complexity index is 567. The van der Waals surface area contributed by atoms with Gasteiger partial charge in [0, 0.05) is 32.6 Å². The van der Waals surface area contributed by atoms with Crippen LogP contribution in [0.2, 0.25) is 0 Å². The summed E-state index contributed by atoms with van der Waals surface area (Å²) in [7, 11) is 3.94. The van der Waals surface area contributed by atoms with Gasteiger partial charge in [-0.1, -0.05) is 26.2 Å². The Kier molecular flexibility index (Phi) is 10.0. The second kappa shape index (κ2) is 11.7. The summed E-state index contributed by atoms with van der Waals surface area (Å²) in [6, 6.07) is 1.79. The molecule has 6 nitrogen and oxygen atoms in total. The van der Waals surface area contributed by atoms with Crippen molar-refractivity contribution in [2.24, 2.45) is 0 Å². The first-order valence-corrected chi connectivity index (χ1v) is 9.62. The first-order chi connectivity index (χ1) is 12.3. The van der Waals surface area contributed by atoms with Crippen LogP contribution in [-0.2, 0) is 4.79 Å². The fraction of sp³-hybridized carbons (Fsp3) is 0.700. The van der Waals surface area contributed by atoms with Gasteiger partial charge < -0.3 is 19.5 Å². The lowest BCUT2D eigenvalue weighted by Crippen LogP contribution is -2.37. The van der Waals surface area contributed by atoms with Crippen molar-refractivity contribution in [3.8, 4) is 0 Å². The average Bonchev–Trinajstić information content (AvgIpc) is 2.91. The molecule has 0 aliphatic carbocycles. The minimum absolute atomic E-state index is 0.0155. The molecule has 0 bridgehead atoms. The van der Waals surface area contributed by atoms with Crippen LogP contribution in [0.1, 0.15) is 60.9 Å². The van der Waals surface area contributed by atoms with Crippen molar-refractivity contribution in [3.63, 3.8) is 0 Å². The molecule has 6 heteroatoms. The van der Waals surface area contributed by atoms with E-state index in [1.165, 1.54) is 0 Å². The summed E-state index contributed by atoms with van der Waals surface area (Å²) >= 11 is 0. The Morgan fingerprint density at radius 3 is 2.38 bits per heavy atom. The molecule has 1 N–H and O–H groups in total. The molecule has 0 aliphatic heterocycles. The summed E-state index contributed by atoms with van der Waals surface area (Å²) in [5.74, 6) is 1.31. The fourth-order valence-electron chi connectivity index (χ4n) is 2.80. The number of hydrogen-bond donors (Lipinski definition) is 1. The molecule has 0 atom stereocenters. The summed E-state index contributed by atoms with van der Waals surface area (Å²) in [4.78, 5) is 28.7. The molecule has 1 rings (SSSR count). The monoisotopic (exact) mass is 365 g/mol. The van der Waals surface area contributed by atoms with Gasteiger partial charge in [0.25, 0.3) is 5.91 Å². The van der Waals surface area contributed by atoms with Crippen LogP contribution in [0.25, 0.3) is 0 Å². The van der Waals surface area contributed by atoms with E-state index in [-0.39, 0.29) is 11.8 Å². The van der Waals surface area contributed by atoms with E-state index in [0.29, 0.717) is 37.4 Å². The first-order valence-electron chi connectivity index (χ1n) is 9.62. The van der Waals surface area contributed by atoms with Gasteiger partial charge in [0.2, 0.25) is 5.91 Å². The maximum Gasteiger partial charge on any atom is 0.257 e. The van der Waals surface area contributed by atoms with Gasteiger partial charge in [0.1, 0.15) is 11.5 Å². The van der Waals surface area contributed by atoms with Crippen molar-refractivity contribution in [1.29, 1.82) is 0 Å². The number of carbonyl (C=O) groups excluding carboxylic acids is 2. The normalized spacial score (nSPS) is 11.0. The van der Waals surface area contributed by atoms with E-state index in [4.69, 9.17) is 4.42 Å². The maximum atomic E-state index is 12.9. The van der Waals surface area contributed by atoms with Gasteiger partial charge in [-0.3, -0.25) is 9.59 Å². The van der Waals surface area contributed by atoms with Crippen molar-refractivity contribution in [2.45, 2.75) is 52.9 Å². The summed E-state index contributed by atoms with van der Waals surface area (Å²) < 4.78 is 5.50. The van der Waals surface area contributed by atoms with Gasteiger partial charge in [-0.25, -0.2) is 0 Å². The molecule has 1 aromatic heterocycles. The standard InChI is InChI=1S/C20H35N3O3/c1-6-7-8-9-12-23(13-10-19(24)21-11-14-22(4)5)20(25)18-15-16(2)26-17(18)3/h15H,6-14H2,1-5H3,(H,21,24). The predicted molar refractivity (Wildman–Crippen MR) is 104 cm³/mol. The zero-order valence-corrected chi connectivity index (χ0v) is 17.1. The third-order valence-electron chi connectivity index (χ3n) is 4.33. The summed E-state index contributed by atoms with van der Waals surface area (Å²) in [5, 5.41) is 2.90. The molecule has 1 heterocycles. The molecular formula is C20H35N3O3. The van der Waals surface area contributed by atoms with E-state index in [1.54, 1.807) is 11.0 Å². The molecule has 148 valence electrons. The smallest absolute Gasteiger partial charge is 0.257 e. The van der Waals surface area contributed by atoms with E-state index in [1.807, 2.05) is 32.8 Å². The first kappa shape index (κ1) is 22.2. The number of aryl methyl sites for hydroxylation is 2. The van der Waals surface area contributed by atoms with E-state index in [9.17, 15) is 9.59 Å². The average molecular weight is 366 g/mol. The number of rotatable bonds is 12. The SMILES string of the molecule is CCCCCCN(CCC(=O)NCCN(C)C)C(=O)c1cc(C)oc1C. The molecule has 1 aromatic rings. The molecule has 0 spiro atoms. The van der Waals surface area contributed by atoms with E-state index < -0.39 is 0 Å². The van der Waals surface area contributed by atoms with Crippen molar-refractivity contribution in [3.05, 3.63) is 23.2 Å². The minimum Gasteiger partial charge on any atom is -0.466 e. The third-order valence-corrected chi connectivity index (χ3v) is 4.33. The Balaban J connectivity index is 2.61. The second-order valence-electron chi connectivity index (χ2n) is 7.08. The Morgan fingerprint density at radius 2 is 1.81 bits per heavy atom. The number of likely N-dealkylation sites (N-methyl/N-ethyl adjacent to an activating group) is 1. The van der Waals surface area contributed by atoms with Crippen molar-refractivity contribution >= 4 is 11.8 Å². The van der Waals surface area contributed by atoms with Crippen LogP contribution in [-0.4, -0.2) is 61.9 Å². The Labute approximate surface area is 157 Å².